The molecule has 0 fully saturated rings. The molecule has 27 heavy (non-hydrogen) atoms. The molecule has 3 N–H and O–H groups in total. The first-order valence-corrected chi connectivity index (χ1v) is 9.12. The number of hydrogen-bond acceptors (Lipinski definition) is 4. The summed E-state index contributed by atoms with van der Waals surface area (Å²) in [6.07, 6.45) is 2.61. The van der Waals surface area contributed by atoms with Gasteiger partial charge in [0.25, 0.3) is 0 Å². The number of rotatable bonds is 11. The molecule has 1 heterocycles. The third-order valence-corrected chi connectivity index (χ3v) is 3.70. The van der Waals surface area contributed by atoms with Gasteiger partial charge in [-0.1, -0.05) is 30.3 Å². The van der Waals surface area contributed by atoms with Gasteiger partial charge in [0.15, 0.2) is 5.96 Å². The fraction of sp³-hybridized carbons (Fsp3) is 0.450. The molecule has 0 aliphatic carbocycles. The molecule has 0 radical (unpaired) electrons. The van der Waals surface area contributed by atoms with Crippen molar-refractivity contribution in [1.82, 2.24) is 10.6 Å². The molecule has 0 bridgehead atoms. The largest absolute Gasteiger partial charge is 0.467 e. The Labute approximate surface area is 178 Å². The minimum atomic E-state index is -0.496. The highest BCUT2D eigenvalue weighted by atomic mass is 127. The molecule has 1 unspecified atom stereocenters. The molecular formula is C20H30IN3O3. The van der Waals surface area contributed by atoms with Gasteiger partial charge in [0, 0.05) is 26.1 Å². The predicted molar refractivity (Wildman–Crippen MR) is 119 cm³/mol. The molecule has 0 spiro atoms. The van der Waals surface area contributed by atoms with Crippen LogP contribution in [-0.4, -0.2) is 43.4 Å². The third-order valence-electron chi connectivity index (χ3n) is 3.70. The Kier molecular flexibility index (Phi) is 12.6. The fourth-order valence-corrected chi connectivity index (χ4v) is 2.44. The zero-order valence-electron chi connectivity index (χ0n) is 15.8. The summed E-state index contributed by atoms with van der Waals surface area (Å²) in [5.74, 6) is 1.55. The molecule has 2 rings (SSSR count). The van der Waals surface area contributed by atoms with E-state index in [1.54, 1.807) is 6.26 Å². The van der Waals surface area contributed by atoms with E-state index in [2.05, 4.69) is 15.6 Å². The number of guanidine groups is 1. The molecule has 1 aromatic carbocycles. The lowest BCUT2D eigenvalue weighted by molar-refractivity contribution is 0.105. The van der Waals surface area contributed by atoms with Crippen LogP contribution in [-0.2, 0) is 17.8 Å². The van der Waals surface area contributed by atoms with Crippen molar-refractivity contribution in [2.24, 2.45) is 4.99 Å². The molecule has 1 atom stereocenters. The number of benzene rings is 1. The maximum Gasteiger partial charge on any atom is 0.191 e. The number of furan rings is 1. The summed E-state index contributed by atoms with van der Waals surface area (Å²) in [5, 5.41) is 16.6. The Balaban J connectivity index is 0.00000364. The van der Waals surface area contributed by atoms with Crippen LogP contribution >= 0.6 is 24.0 Å². The van der Waals surface area contributed by atoms with Gasteiger partial charge < -0.3 is 24.9 Å². The van der Waals surface area contributed by atoms with Crippen molar-refractivity contribution in [2.45, 2.75) is 32.5 Å². The van der Waals surface area contributed by atoms with E-state index in [0.29, 0.717) is 32.1 Å². The highest BCUT2D eigenvalue weighted by Crippen LogP contribution is 2.03. The Morgan fingerprint density at radius 2 is 2.00 bits per heavy atom. The molecule has 1 aromatic heterocycles. The van der Waals surface area contributed by atoms with Gasteiger partial charge in [0.1, 0.15) is 12.4 Å². The van der Waals surface area contributed by atoms with Gasteiger partial charge in [-0.25, -0.2) is 0 Å². The highest BCUT2D eigenvalue weighted by molar-refractivity contribution is 14.0. The number of ether oxygens (including phenoxy) is 1. The van der Waals surface area contributed by atoms with E-state index in [9.17, 15) is 5.11 Å². The summed E-state index contributed by atoms with van der Waals surface area (Å²) in [6.45, 7) is 5.04. The molecule has 0 saturated carbocycles. The SMILES string of the molecule is CCNC(=NCC(O)Cc1ccccc1)NCCCOCc1ccco1.I. The monoisotopic (exact) mass is 487 g/mol. The first-order chi connectivity index (χ1) is 12.8. The normalized spacial score (nSPS) is 12.3. The summed E-state index contributed by atoms with van der Waals surface area (Å²) in [7, 11) is 0. The van der Waals surface area contributed by atoms with E-state index in [0.717, 1.165) is 30.8 Å². The molecule has 150 valence electrons. The maximum atomic E-state index is 10.2. The first kappa shape index (κ1) is 23.5. The lowest BCUT2D eigenvalue weighted by Gasteiger charge is -2.13. The van der Waals surface area contributed by atoms with Crippen molar-refractivity contribution in [3.8, 4) is 0 Å². The smallest absolute Gasteiger partial charge is 0.191 e. The van der Waals surface area contributed by atoms with E-state index in [1.807, 2.05) is 49.4 Å². The number of aliphatic hydroxyl groups is 1. The van der Waals surface area contributed by atoms with Crippen LogP contribution < -0.4 is 10.6 Å². The van der Waals surface area contributed by atoms with Crippen LogP contribution in [0.15, 0.2) is 58.1 Å². The van der Waals surface area contributed by atoms with Crippen molar-refractivity contribution in [1.29, 1.82) is 0 Å². The quantitative estimate of drug-likeness (QED) is 0.197. The number of nitrogens with one attached hydrogen (secondary N) is 2. The third kappa shape index (κ3) is 10.4. The van der Waals surface area contributed by atoms with Gasteiger partial charge in [0.2, 0.25) is 0 Å². The number of aliphatic imine (C=N–C) groups is 1. The highest BCUT2D eigenvalue weighted by Gasteiger charge is 2.05. The second-order valence-corrected chi connectivity index (χ2v) is 5.98. The lowest BCUT2D eigenvalue weighted by Crippen LogP contribution is -2.38. The van der Waals surface area contributed by atoms with Gasteiger partial charge in [0.05, 0.1) is 18.9 Å². The molecule has 6 nitrogen and oxygen atoms in total. The van der Waals surface area contributed by atoms with Crippen LogP contribution in [0.2, 0.25) is 0 Å². The van der Waals surface area contributed by atoms with E-state index in [1.165, 1.54) is 0 Å². The van der Waals surface area contributed by atoms with Gasteiger partial charge in [-0.05, 0) is 31.0 Å². The number of aliphatic hydroxyl groups excluding tert-OH is 1. The van der Waals surface area contributed by atoms with E-state index in [-0.39, 0.29) is 24.0 Å². The average Bonchev–Trinajstić information content (AvgIpc) is 3.16. The molecule has 7 heteroatoms. The summed E-state index contributed by atoms with van der Waals surface area (Å²) < 4.78 is 10.8. The minimum Gasteiger partial charge on any atom is -0.467 e. The molecule has 0 aliphatic heterocycles. The van der Waals surface area contributed by atoms with Crippen LogP contribution in [0.25, 0.3) is 0 Å². The van der Waals surface area contributed by atoms with E-state index in [4.69, 9.17) is 9.15 Å². The second-order valence-electron chi connectivity index (χ2n) is 5.98. The van der Waals surface area contributed by atoms with Gasteiger partial charge in [-0.15, -0.1) is 24.0 Å². The maximum absolute atomic E-state index is 10.2. The number of nitrogens with zero attached hydrogens (tertiary/aromatic N) is 1. The Bertz CT molecular complexity index is 621. The second kappa shape index (κ2) is 14.5. The van der Waals surface area contributed by atoms with Crippen LogP contribution in [0, 0.1) is 0 Å². The van der Waals surface area contributed by atoms with Crippen molar-refractivity contribution < 1.29 is 14.3 Å². The minimum absolute atomic E-state index is 0. The van der Waals surface area contributed by atoms with E-state index >= 15 is 0 Å². The summed E-state index contributed by atoms with van der Waals surface area (Å²) >= 11 is 0. The molecule has 0 aliphatic rings. The van der Waals surface area contributed by atoms with Crippen molar-refractivity contribution in [2.75, 3.05) is 26.2 Å². The predicted octanol–water partition coefficient (Wildman–Crippen LogP) is 2.96. The number of hydrogen-bond donors (Lipinski definition) is 3. The van der Waals surface area contributed by atoms with Gasteiger partial charge in [-0.2, -0.15) is 0 Å². The van der Waals surface area contributed by atoms with Crippen LogP contribution in [0.5, 0.6) is 0 Å². The fourth-order valence-electron chi connectivity index (χ4n) is 2.44. The Morgan fingerprint density at radius 3 is 2.70 bits per heavy atom. The zero-order chi connectivity index (χ0) is 18.5. The summed E-state index contributed by atoms with van der Waals surface area (Å²) in [6, 6.07) is 13.7. The van der Waals surface area contributed by atoms with E-state index < -0.39 is 6.10 Å². The molecule has 0 amide bonds. The first-order valence-electron chi connectivity index (χ1n) is 9.12. The summed E-state index contributed by atoms with van der Waals surface area (Å²) in [4.78, 5) is 4.46. The van der Waals surface area contributed by atoms with Crippen molar-refractivity contribution in [3.63, 3.8) is 0 Å². The van der Waals surface area contributed by atoms with Crippen LogP contribution in [0.3, 0.4) is 0 Å². The topological polar surface area (TPSA) is 79.0 Å². The molecule has 0 saturated heterocycles. The van der Waals surface area contributed by atoms with Gasteiger partial charge in [-0.3, -0.25) is 4.99 Å². The average molecular weight is 487 g/mol. The number of halogens is 1. The van der Waals surface area contributed by atoms with Gasteiger partial charge >= 0.3 is 0 Å². The molecule has 2 aromatic rings. The Morgan fingerprint density at radius 1 is 1.19 bits per heavy atom. The lowest BCUT2D eigenvalue weighted by atomic mass is 10.1. The Hall–Kier alpha value is -1.58. The van der Waals surface area contributed by atoms with Crippen molar-refractivity contribution in [3.05, 3.63) is 60.1 Å². The standard InChI is InChI=1S/C20H29N3O3.HI/c1-2-21-20(22-11-7-12-25-16-19-10-6-13-26-19)23-15-18(24)14-17-8-4-3-5-9-17;/h3-6,8-10,13,18,24H,2,7,11-12,14-16H2,1H3,(H2,21,22,23);1H. The summed E-state index contributed by atoms with van der Waals surface area (Å²) in [5.41, 5.74) is 1.11. The zero-order valence-corrected chi connectivity index (χ0v) is 18.1. The molecular weight excluding hydrogens is 457 g/mol. The van der Waals surface area contributed by atoms with Crippen LogP contribution in [0.4, 0.5) is 0 Å². The van der Waals surface area contributed by atoms with Crippen LogP contribution in [0.1, 0.15) is 24.7 Å². The van der Waals surface area contributed by atoms with Crippen molar-refractivity contribution >= 4 is 29.9 Å².